The molecular formula is C14H25NO11. The lowest BCUT2D eigenvalue weighted by molar-refractivity contribution is -0.343. The summed E-state index contributed by atoms with van der Waals surface area (Å²) >= 11 is 0. The zero-order chi connectivity index (χ0) is 19.8. The first-order valence-corrected chi connectivity index (χ1v) is 8.02. The van der Waals surface area contributed by atoms with Crippen LogP contribution in [0.25, 0.3) is 0 Å². The second-order valence-electron chi connectivity index (χ2n) is 6.51. The summed E-state index contributed by atoms with van der Waals surface area (Å²) in [6.07, 6.45) is -14.2. The van der Waals surface area contributed by atoms with Crippen molar-refractivity contribution in [1.29, 1.82) is 0 Å². The molecule has 1 amide bonds. The van der Waals surface area contributed by atoms with Crippen LogP contribution in [0.5, 0.6) is 0 Å². The summed E-state index contributed by atoms with van der Waals surface area (Å²) in [5.74, 6) is -0.727. The minimum absolute atomic E-state index is 0.727. The number of hydrogen-bond donors (Lipinski definition) is 9. The Morgan fingerprint density at radius 2 is 1.54 bits per heavy atom. The van der Waals surface area contributed by atoms with E-state index >= 15 is 0 Å². The van der Waals surface area contributed by atoms with Crippen LogP contribution in [0.15, 0.2) is 0 Å². The highest BCUT2D eigenvalue weighted by molar-refractivity contribution is 5.73. The number of hydrogen-bond acceptors (Lipinski definition) is 11. The first kappa shape index (κ1) is 21.4. The molecule has 2 saturated heterocycles. The summed E-state index contributed by atoms with van der Waals surface area (Å²) in [6.45, 7) is -0.559. The molecule has 2 aliphatic rings. The van der Waals surface area contributed by atoms with Gasteiger partial charge in [0, 0.05) is 6.92 Å². The van der Waals surface area contributed by atoms with Crippen LogP contribution in [0, 0.1) is 0 Å². The van der Waals surface area contributed by atoms with Crippen LogP contribution in [0.1, 0.15) is 6.92 Å². The highest BCUT2D eigenvalue weighted by atomic mass is 16.6. The highest BCUT2D eigenvalue weighted by Crippen LogP contribution is 2.38. The number of nitrogens with one attached hydrogen (secondary N) is 1. The average molecular weight is 383 g/mol. The van der Waals surface area contributed by atoms with Gasteiger partial charge in [-0.25, -0.2) is 0 Å². The topological polar surface area (TPSA) is 209 Å². The number of ether oxygens (including phenoxy) is 2. The molecule has 0 unspecified atom stereocenters. The van der Waals surface area contributed by atoms with E-state index in [-0.39, 0.29) is 0 Å². The first-order chi connectivity index (χ1) is 12.1. The molecule has 26 heavy (non-hydrogen) atoms. The van der Waals surface area contributed by atoms with Gasteiger partial charge in [0.25, 0.3) is 0 Å². The predicted octanol–water partition coefficient (Wildman–Crippen LogP) is -5.86. The SMILES string of the molecule is CC(=O)N[C@@H]1[C@@H](O)O[C@H](CO)[C@H](O)[C@@]1(O)[C@@H]1O[C@H](CO)[C@H](O)[C@H](O)[C@H]1O. The smallest absolute Gasteiger partial charge is 0.217 e. The molecule has 9 N–H and O–H groups in total. The van der Waals surface area contributed by atoms with E-state index in [1.807, 2.05) is 0 Å². The predicted molar refractivity (Wildman–Crippen MR) is 80.3 cm³/mol. The number of rotatable bonds is 4. The molecule has 10 atom stereocenters. The van der Waals surface area contributed by atoms with Gasteiger partial charge in [-0.15, -0.1) is 0 Å². The molecule has 0 aliphatic carbocycles. The van der Waals surface area contributed by atoms with Crippen LogP contribution in [-0.2, 0) is 14.3 Å². The lowest BCUT2D eigenvalue weighted by Gasteiger charge is -2.55. The van der Waals surface area contributed by atoms with Crippen molar-refractivity contribution >= 4 is 5.91 Å². The molecular weight excluding hydrogens is 358 g/mol. The Hall–Kier alpha value is -0.930. The largest absolute Gasteiger partial charge is 0.394 e. The molecule has 0 spiro atoms. The Balaban J connectivity index is 2.47. The Kier molecular flexibility index (Phi) is 6.56. The standard InChI is InChI=1S/C14H25NO11/c1-4(18)15-10-13(23)26-6(3-17)11(22)14(10,24)12-9(21)8(20)7(19)5(2-16)25-12/h5-13,16-17,19-24H,2-3H2,1H3,(H,15,18)/t5-,6-,7+,8+,9-,10-,11+,12-,13+,14-/m1/s1. The van der Waals surface area contributed by atoms with Crippen LogP contribution >= 0.6 is 0 Å². The summed E-state index contributed by atoms with van der Waals surface area (Å²) < 4.78 is 10.2. The molecule has 0 aromatic heterocycles. The summed E-state index contributed by atoms with van der Waals surface area (Å²) in [7, 11) is 0. The Labute approximate surface area is 148 Å². The summed E-state index contributed by atoms with van der Waals surface area (Å²) in [4.78, 5) is 11.5. The molecule has 2 aliphatic heterocycles. The normalized spacial score (nSPS) is 49.7. The number of carbonyl (C=O) groups excluding carboxylic acids is 1. The van der Waals surface area contributed by atoms with Crippen molar-refractivity contribution in [3.05, 3.63) is 0 Å². The van der Waals surface area contributed by atoms with Crippen molar-refractivity contribution < 1.29 is 55.1 Å². The molecule has 152 valence electrons. The van der Waals surface area contributed by atoms with Gasteiger partial charge in [0.2, 0.25) is 5.91 Å². The Morgan fingerprint density at radius 1 is 0.962 bits per heavy atom. The quantitative estimate of drug-likeness (QED) is 0.223. The van der Waals surface area contributed by atoms with Crippen molar-refractivity contribution in [1.82, 2.24) is 5.32 Å². The molecule has 2 rings (SSSR count). The van der Waals surface area contributed by atoms with Crippen molar-refractivity contribution in [3.63, 3.8) is 0 Å². The fraction of sp³-hybridized carbons (Fsp3) is 0.929. The second-order valence-corrected chi connectivity index (χ2v) is 6.51. The van der Waals surface area contributed by atoms with Gasteiger partial charge in [-0.2, -0.15) is 0 Å². The van der Waals surface area contributed by atoms with E-state index in [0.717, 1.165) is 6.92 Å². The van der Waals surface area contributed by atoms with Gasteiger partial charge in [-0.05, 0) is 0 Å². The average Bonchev–Trinajstić information content (AvgIpc) is 2.60. The number of aliphatic hydroxyl groups is 8. The lowest BCUT2D eigenvalue weighted by atomic mass is 9.73. The number of aliphatic hydroxyl groups excluding tert-OH is 7. The maximum absolute atomic E-state index is 11.5. The highest BCUT2D eigenvalue weighted by Gasteiger charge is 2.64. The molecule has 12 nitrogen and oxygen atoms in total. The molecule has 0 bridgehead atoms. The zero-order valence-electron chi connectivity index (χ0n) is 13.9. The van der Waals surface area contributed by atoms with Gasteiger partial charge < -0.3 is 55.6 Å². The number of carbonyl (C=O) groups is 1. The molecule has 0 aromatic rings. The maximum atomic E-state index is 11.5. The van der Waals surface area contributed by atoms with Crippen molar-refractivity contribution in [2.24, 2.45) is 0 Å². The minimum Gasteiger partial charge on any atom is -0.394 e. The third-order valence-electron chi connectivity index (χ3n) is 4.81. The summed E-state index contributed by atoms with van der Waals surface area (Å²) in [5, 5.41) is 82.6. The van der Waals surface area contributed by atoms with Crippen molar-refractivity contribution in [2.45, 2.75) is 67.6 Å². The molecule has 2 fully saturated rings. The maximum Gasteiger partial charge on any atom is 0.217 e. The third-order valence-corrected chi connectivity index (χ3v) is 4.81. The minimum atomic E-state index is -2.65. The van der Waals surface area contributed by atoms with Gasteiger partial charge in [0.15, 0.2) is 6.29 Å². The summed E-state index contributed by atoms with van der Waals surface area (Å²) in [6, 6.07) is -1.72. The van der Waals surface area contributed by atoms with E-state index in [2.05, 4.69) is 5.32 Å². The van der Waals surface area contributed by atoms with E-state index in [1.54, 1.807) is 0 Å². The van der Waals surface area contributed by atoms with Gasteiger partial charge in [-0.1, -0.05) is 0 Å². The van der Waals surface area contributed by atoms with Crippen LogP contribution in [0.4, 0.5) is 0 Å². The van der Waals surface area contributed by atoms with E-state index < -0.39 is 79.8 Å². The fourth-order valence-electron chi connectivity index (χ4n) is 3.42. The Morgan fingerprint density at radius 3 is 2.04 bits per heavy atom. The van der Waals surface area contributed by atoms with Crippen LogP contribution in [-0.4, -0.2) is 121 Å². The van der Waals surface area contributed by atoms with Crippen molar-refractivity contribution in [2.75, 3.05) is 13.2 Å². The number of amides is 1. The second kappa shape index (κ2) is 7.98. The van der Waals surface area contributed by atoms with Crippen molar-refractivity contribution in [3.8, 4) is 0 Å². The fourth-order valence-corrected chi connectivity index (χ4v) is 3.42. The first-order valence-electron chi connectivity index (χ1n) is 8.02. The van der Waals surface area contributed by atoms with Gasteiger partial charge in [-0.3, -0.25) is 4.79 Å². The van der Waals surface area contributed by atoms with Crippen LogP contribution in [0.3, 0.4) is 0 Å². The molecule has 0 radical (unpaired) electrons. The Bertz CT molecular complexity index is 505. The van der Waals surface area contributed by atoms with E-state index in [9.17, 15) is 45.6 Å². The van der Waals surface area contributed by atoms with Crippen LogP contribution in [0.2, 0.25) is 0 Å². The van der Waals surface area contributed by atoms with Gasteiger partial charge in [0.05, 0.1) is 13.2 Å². The van der Waals surface area contributed by atoms with Gasteiger partial charge in [0.1, 0.15) is 54.4 Å². The van der Waals surface area contributed by atoms with E-state index in [4.69, 9.17) is 9.47 Å². The zero-order valence-corrected chi connectivity index (χ0v) is 13.9. The van der Waals surface area contributed by atoms with Gasteiger partial charge >= 0.3 is 0 Å². The third kappa shape index (κ3) is 3.45. The molecule has 2 heterocycles. The van der Waals surface area contributed by atoms with E-state index in [0.29, 0.717) is 0 Å². The molecule has 0 aromatic carbocycles. The monoisotopic (exact) mass is 383 g/mol. The van der Waals surface area contributed by atoms with E-state index in [1.165, 1.54) is 0 Å². The molecule has 12 heteroatoms. The summed E-state index contributed by atoms with van der Waals surface area (Å²) in [5.41, 5.74) is -2.65. The lowest BCUT2D eigenvalue weighted by Crippen LogP contribution is -2.80. The molecule has 0 saturated carbocycles. The van der Waals surface area contributed by atoms with Crippen LogP contribution < -0.4 is 5.32 Å².